The van der Waals surface area contributed by atoms with Crippen molar-refractivity contribution in [2.24, 2.45) is 5.92 Å². The summed E-state index contributed by atoms with van der Waals surface area (Å²) in [6.07, 6.45) is 9.42. The predicted molar refractivity (Wildman–Crippen MR) is 144 cm³/mol. The van der Waals surface area contributed by atoms with Crippen LogP contribution in [0.25, 0.3) is 16.8 Å². The molecule has 0 spiro atoms. The van der Waals surface area contributed by atoms with Crippen LogP contribution in [0.15, 0.2) is 53.6 Å². The van der Waals surface area contributed by atoms with Gasteiger partial charge in [0, 0.05) is 42.0 Å². The van der Waals surface area contributed by atoms with Crippen molar-refractivity contribution in [3.63, 3.8) is 0 Å². The number of hydrogen-bond acceptors (Lipinski definition) is 7. The molecule has 2 aromatic heterocycles. The van der Waals surface area contributed by atoms with E-state index in [-0.39, 0.29) is 17.1 Å². The van der Waals surface area contributed by atoms with E-state index in [1.807, 2.05) is 18.2 Å². The zero-order valence-corrected chi connectivity index (χ0v) is 22.5. The summed E-state index contributed by atoms with van der Waals surface area (Å²) >= 11 is 1.50. The molecule has 3 heterocycles. The normalized spacial score (nSPS) is 17.8. The lowest BCUT2D eigenvalue weighted by molar-refractivity contribution is -0.137. The van der Waals surface area contributed by atoms with Crippen molar-refractivity contribution < 1.29 is 22.7 Å². The Balaban J connectivity index is 1.38. The number of nitrogens with one attached hydrogen (secondary N) is 1. The molecule has 1 aliphatic heterocycles. The molecule has 1 unspecified atom stereocenters. The molecule has 196 valence electrons. The van der Waals surface area contributed by atoms with Gasteiger partial charge in [0.2, 0.25) is 0 Å². The van der Waals surface area contributed by atoms with Crippen LogP contribution in [0.4, 0.5) is 0 Å². The van der Waals surface area contributed by atoms with Gasteiger partial charge in [0.25, 0.3) is 0 Å². The number of esters is 1. The van der Waals surface area contributed by atoms with E-state index in [9.17, 15) is 13.2 Å². The van der Waals surface area contributed by atoms with Gasteiger partial charge < -0.3 is 14.5 Å². The second-order valence-electron chi connectivity index (χ2n) is 9.64. The first kappa shape index (κ1) is 25.9. The fourth-order valence-corrected chi connectivity index (χ4v) is 7.24. The molecule has 0 radical (unpaired) electrons. The Bertz CT molecular complexity index is 1350. The van der Waals surface area contributed by atoms with E-state index < -0.39 is 9.84 Å². The minimum atomic E-state index is -3.21. The summed E-state index contributed by atoms with van der Waals surface area (Å²) in [6.45, 7) is 3.69. The molecule has 1 atom stereocenters. The molecular formula is C28H32N2O5S2. The number of aromatic nitrogens is 2. The molecule has 3 aromatic rings. The van der Waals surface area contributed by atoms with E-state index in [1.165, 1.54) is 17.4 Å². The first-order valence-corrected chi connectivity index (χ1v) is 15.2. The summed E-state index contributed by atoms with van der Waals surface area (Å²) in [6, 6.07) is 11.6. The average Bonchev–Trinajstić information content (AvgIpc) is 3.49. The first-order chi connectivity index (χ1) is 17.9. The quantitative estimate of drug-likeness (QED) is 0.266. The molecule has 0 amide bonds. The lowest BCUT2D eigenvalue weighted by atomic mass is 9.83. The minimum Gasteiger partial charge on any atom is -0.463 e. The van der Waals surface area contributed by atoms with Crippen molar-refractivity contribution in [1.29, 1.82) is 0 Å². The van der Waals surface area contributed by atoms with E-state index in [1.54, 1.807) is 31.3 Å². The van der Waals surface area contributed by atoms with Gasteiger partial charge in [0.1, 0.15) is 5.01 Å². The molecule has 0 bridgehead atoms. The number of rotatable bonds is 10. The van der Waals surface area contributed by atoms with Gasteiger partial charge in [-0.05, 0) is 80.9 Å². The highest BCUT2D eigenvalue weighted by atomic mass is 32.2. The van der Waals surface area contributed by atoms with Gasteiger partial charge in [-0.15, -0.1) is 11.3 Å². The van der Waals surface area contributed by atoms with Crippen LogP contribution in [0.3, 0.4) is 0 Å². The second-order valence-corrected chi connectivity index (χ2v) is 12.9. The Kier molecular flexibility index (Phi) is 7.92. The molecular weight excluding hydrogens is 508 g/mol. The number of carbonyl (C=O) groups excluding carboxylic acids is 1. The Morgan fingerprint density at radius 3 is 2.62 bits per heavy atom. The van der Waals surface area contributed by atoms with Crippen LogP contribution in [0.2, 0.25) is 0 Å². The lowest BCUT2D eigenvalue weighted by Gasteiger charge is -2.27. The Morgan fingerprint density at radius 1 is 1.16 bits per heavy atom. The molecule has 5 rings (SSSR count). The van der Waals surface area contributed by atoms with E-state index in [4.69, 9.17) is 9.47 Å². The van der Waals surface area contributed by atoms with Crippen molar-refractivity contribution in [3.8, 4) is 10.7 Å². The van der Waals surface area contributed by atoms with Gasteiger partial charge in [-0.2, -0.15) is 0 Å². The number of H-pyrrole nitrogens is 1. The Labute approximate surface area is 221 Å². The van der Waals surface area contributed by atoms with Crippen molar-refractivity contribution in [1.82, 2.24) is 9.97 Å². The monoisotopic (exact) mass is 540 g/mol. The maximum Gasteiger partial charge on any atom is 0.330 e. The van der Waals surface area contributed by atoms with Gasteiger partial charge in [0.15, 0.2) is 9.84 Å². The number of nitrogens with zero attached hydrogens (tertiary/aromatic N) is 1. The molecule has 7 nitrogen and oxygen atoms in total. The van der Waals surface area contributed by atoms with Crippen molar-refractivity contribution in [3.05, 3.63) is 64.8 Å². The number of sulfone groups is 1. The molecule has 1 N–H and O–H groups in total. The van der Waals surface area contributed by atoms with E-state index in [0.717, 1.165) is 72.2 Å². The average molecular weight is 541 g/mol. The summed E-state index contributed by atoms with van der Waals surface area (Å²) in [4.78, 5) is 21.0. The zero-order valence-electron chi connectivity index (χ0n) is 20.9. The fraction of sp³-hybridized carbons (Fsp3) is 0.429. The smallest absolute Gasteiger partial charge is 0.330 e. The standard InChI is InChI=1S/C28H32N2O5S2/c1-2-35-27(31)12-5-21-18-29-28(36-21)26-11-10-25(30-26)24(17-19-13-15-34-16-14-19)20-3-6-22(7-4-20)37(32,33)23-8-9-23/h3-7,10-12,18-19,23-24,30H,2,8-9,13-17H2,1H3/b12-5+. The molecule has 37 heavy (non-hydrogen) atoms. The Hall–Kier alpha value is -2.75. The van der Waals surface area contributed by atoms with Crippen molar-refractivity contribution in [2.45, 2.75) is 55.1 Å². The molecule has 2 aliphatic rings. The van der Waals surface area contributed by atoms with Crippen LogP contribution < -0.4 is 0 Å². The maximum atomic E-state index is 12.7. The highest BCUT2D eigenvalue weighted by Crippen LogP contribution is 2.38. The summed E-state index contributed by atoms with van der Waals surface area (Å²) in [5, 5.41) is 0.628. The second kappa shape index (κ2) is 11.3. The van der Waals surface area contributed by atoms with Crippen LogP contribution in [-0.4, -0.2) is 49.4 Å². The number of aromatic amines is 1. The topological polar surface area (TPSA) is 98.3 Å². The summed E-state index contributed by atoms with van der Waals surface area (Å²) in [5.41, 5.74) is 3.10. The predicted octanol–water partition coefficient (Wildman–Crippen LogP) is 5.60. The van der Waals surface area contributed by atoms with Gasteiger partial charge in [0.05, 0.1) is 22.4 Å². The fourth-order valence-electron chi connectivity index (χ4n) is 4.79. The van der Waals surface area contributed by atoms with Crippen LogP contribution in [0.5, 0.6) is 0 Å². The third kappa shape index (κ3) is 6.22. The van der Waals surface area contributed by atoms with Gasteiger partial charge in [-0.25, -0.2) is 18.2 Å². The number of benzene rings is 1. The molecule has 2 fully saturated rings. The van der Waals surface area contributed by atoms with E-state index in [0.29, 0.717) is 17.4 Å². The van der Waals surface area contributed by atoms with Crippen LogP contribution in [-0.2, 0) is 24.1 Å². The SMILES string of the molecule is CCOC(=O)/C=C/c1cnc(-c2ccc(C(CC3CCOCC3)c3ccc(S(=O)(=O)C4CC4)cc3)[nH]2)s1. The molecule has 1 saturated carbocycles. The maximum absolute atomic E-state index is 12.7. The van der Waals surface area contributed by atoms with Crippen LogP contribution >= 0.6 is 11.3 Å². The molecule has 1 saturated heterocycles. The summed E-state index contributed by atoms with van der Waals surface area (Å²) < 4.78 is 35.9. The van der Waals surface area contributed by atoms with Crippen molar-refractivity contribution >= 4 is 33.2 Å². The molecule has 1 aliphatic carbocycles. The largest absolute Gasteiger partial charge is 0.463 e. The molecule has 1 aromatic carbocycles. The first-order valence-electron chi connectivity index (χ1n) is 12.9. The van der Waals surface area contributed by atoms with Crippen LogP contribution in [0.1, 0.15) is 61.1 Å². The minimum absolute atomic E-state index is 0.109. The highest BCUT2D eigenvalue weighted by Gasteiger charge is 2.37. The number of ether oxygens (including phenoxy) is 2. The van der Waals surface area contributed by atoms with Crippen LogP contribution in [0, 0.1) is 5.92 Å². The zero-order chi connectivity index (χ0) is 25.8. The van der Waals surface area contributed by atoms with Gasteiger partial charge in [-0.1, -0.05) is 12.1 Å². The Morgan fingerprint density at radius 2 is 1.92 bits per heavy atom. The van der Waals surface area contributed by atoms with Gasteiger partial charge in [-0.3, -0.25) is 0 Å². The molecule has 9 heteroatoms. The summed E-state index contributed by atoms with van der Waals surface area (Å²) in [5.74, 6) is 0.282. The third-order valence-corrected chi connectivity index (χ3v) is 10.3. The number of hydrogen-bond donors (Lipinski definition) is 1. The highest BCUT2D eigenvalue weighted by molar-refractivity contribution is 7.92. The number of thiazole rings is 1. The van der Waals surface area contributed by atoms with Crippen molar-refractivity contribution in [2.75, 3.05) is 19.8 Å². The lowest BCUT2D eigenvalue weighted by Crippen LogP contribution is -2.19. The summed E-state index contributed by atoms with van der Waals surface area (Å²) in [7, 11) is -3.21. The van der Waals surface area contributed by atoms with Gasteiger partial charge >= 0.3 is 5.97 Å². The number of carbonyl (C=O) groups is 1. The third-order valence-electron chi connectivity index (χ3n) is 6.99. The van der Waals surface area contributed by atoms with E-state index >= 15 is 0 Å². The van der Waals surface area contributed by atoms with E-state index in [2.05, 4.69) is 16.0 Å².